The summed E-state index contributed by atoms with van der Waals surface area (Å²) in [7, 11) is 1.65. The number of rotatable bonds is 9. The van der Waals surface area contributed by atoms with Gasteiger partial charge in [-0.1, -0.05) is 25.6 Å². The summed E-state index contributed by atoms with van der Waals surface area (Å²) in [4.78, 5) is 24.5. The van der Waals surface area contributed by atoms with Crippen LogP contribution in [0.25, 0.3) is 10.9 Å². The van der Waals surface area contributed by atoms with Crippen LogP contribution in [0.3, 0.4) is 0 Å². The van der Waals surface area contributed by atoms with E-state index in [0.717, 1.165) is 40.2 Å². The van der Waals surface area contributed by atoms with Gasteiger partial charge in [-0.25, -0.2) is 0 Å². The molecule has 0 spiro atoms. The lowest BCUT2D eigenvalue weighted by Gasteiger charge is -2.09. The molecule has 4 rings (SSSR count). The van der Waals surface area contributed by atoms with Crippen molar-refractivity contribution in [1.29, 1.82) is 0 Å². The Balaban J connectivity index is 1.54. The number of ketones is 1. The SMILES string of the molecule is CCCC(=O)CC1CN=C(c2cc3cc(Oc4ccc(CC)nc4)cc(OC)c3[nH]2)S1. The number of carbonyl (C=O) groups is 1. The molecule has 6 nitrogen and oxygen atoms in total. The number of thioether (sulfide) groups is 1. The minimum absolute atomic E-state index is 0.222. The van der Waals surface area contributed by atoms with Crippen LogP contribution >= 0.6 is 11.8 Å². The molecule has 1 atom stereocenters. The molecule has 1 aliphatic rings. The summed E-state index contributed by atoms with van der Waals surface area (Å²) in [5.41, 5.74) is 2.87. The predicted molar refractivity (Wildman–Crippen MR) is 126 cm³/mol. The second-order valence-electron chi connectivity index (χ2n) is 7.59. The maximum Gasteiger partial charge on any atom is 0.146 e. The maximum absolute atomic E-state index is 12.0. The van der Waals surface area contributed by atoms with Crippen LogP contribution in [-0.4, -0.2) is 39.7 Å². The molecule has 0 aliphatic carbocycles. The predicted octanol–water partition coefficient (Wildman–Crippen LogP) is 5.55. The lowest BCUT2D eigenvalue weighted by Crippen LogP contribution is -2.11. The summed E-state index contributed by atoms with van der Waals surface area (Å²) in [5.74, 6) is 2.39. The van der Waals surface area contributed by atoms with Crippen LogP contribution in [0.1, 0.15) is 44.5 Å². The number of fused-ring (bicyclic) bond motifs is 1. The van der Waals surface area contributed by atoms with E-state index in [2.05, 4.69) is 28.0 Å². The number of ether oxygens (including phenoxy) is 2. The lowest BCUT2D eigenvalue weighted by molar-refractivity contribution is -0.119. The Morgan fingerprint density at radius 3 is 2.81 bits per heavy atom. The first-order chi connectivity index (χ1) is 15.1. The fourth-order valence-electron chi connectivity index (χ4n) is 3.64. The van der Waals surface area contributed by atoms with Crippen LogP contribution in [0.5, 0.6) is 17.2 Å². The maximum atomic E-state index is 12.0. The molecule has 2 aromatic heterocycles. The highest BCUT2D eigenvalue weighted by atomic mass is 32.2. The Hall–Kier alpha value is -2.80. The molecule has 0 radical (unpaired) electrons. The zero-order valence-corrected chi connectivity index (χ0v) is 18.9. The van der Waals surface area contributed by atoms with Crippen molar-refractivity contribution in [3.8, 4) is 17.2 Å². The minimum Gasteiger partial charge on any atom is -0.494 e. The highest BCUT2D eigenvalue weighted by Gasteiger charge is 2.24. The molecular formula is C24H27N3O3S. The molecule has 1 N–H and O–H groups in total. The van der Waals surface area contributed by atoms with E-state index in [4.69, 9.17) is 9.47 Å². The zero-order valence-electron chi connectivity index (χ0n) is 18.1. The van der Waals surface area contributed by atoms with Crippen LogP contribution in [0, 0.1) is 0 Å². The van der Waals surface area contributed by atoms with Gasteiger partial charge in [0.2, 0.25) is 0 Å². The topological polar surface area (TPSA) is 76.6 Å². The molecule has 1 aliphatic heterocycles. The number of pyridine rings is 1. The molecule has 0 bridgehead atoms. The third kappa shape index (κ3) is 4.93. The number of hydrogen-bond donors (Lipinski definition) is 1. The molecule has 3 aromatic rings. The number of methoxy groups -OCH3 is 1. The molecule has 0 amide bonds. The Morgan fingerprint density at radius 1 is 1.23 bits per heavy atom. The molecule has 31 heavy (non-hydrogen) atoms. The Labute approximate surface area is 186 Å². The number of aliphatic imine (C=N–C) groups is 1. The van der Waals surface area contributed by atoms with Gasteiger partial charge in [0.1, 0.15) is 28.1 Å². The third-order valence-corrected chi connectivity index (χ3v) is 6.43. The first-order valence-corrected chi connectivity index (χ1v) is 11.5. The number of carbonyl (C=O) groups excluding carboxylic acids is 1. The number of aromatic nitrogens is 2. The first kappa shape index (κ1) is 21.4. The van der Waals surface area contributed by atoms with Crippen molar-refractivity contribution in [1.82, 2.24) is 9.97 Å². The van der Waals surface area contributed by atoms with Gasteiger partial charge in [-0.3, -0.25) is 14.8 Å². The molecule has 1 aromatic carbocycles. The largest absolute Gasteiger partial charge is 0.494 e. The monoisotopic (exact) mass is 437 g/mol. The lowest BCUT2D eigenvalue weighted by atomic mass is 10.1. The van der Waals surface area contributed by atoms with E-state index in [9.17, 15) is 4.79 Å². The van der Waals surface area contributed by atoms with Crippen molar-refractivity contribution in [2.45, 2.75) is 44.8 Å². The van der Waals surface area contributed by atoms with Crippen molar-refractivity contribution >= 4 is 33.5 Å². The van der Waals surface area contributed by atoms with Crippen LogP contribution in [-0.2, 0) is 11.2 Å². The number of nitrogens with one attached hydrogen (secondary N) is 1. The smallest absolute Gasteiger partial charge is 0.146 e. The fraction of sp³-hybridized carbons (Fsp3) is 0.375. The fourth-order valence-corrected chi connectivity index (χ4v) is 4.76. The standard InChI is InChI=1S/C24H27N3O3S/c1-4-6-17(28)11-20-14-26-24(31-20)21-10-15-9-19(12-22(29-3)23(15)27-21)30-18-8-7-16(5-2)25-13-18/h7-10,12-13,20,27H,4-6,11,14H2,1-3H3. The van der Waals surface area contributed by atoms with E-state index >= 15 is 0 Å². The van der Waals surface area contributed by atoms with E-state index in [1.165, 1.54) is 0 Å². The quantitative estimate of drug-likeness (QED) is 0.475. The number of aryl methyl sites for hydroxylation is 1. The second kappa shape index (κ2) is 9.56. The third-order valence-electron chi connectivity index (χ3n) is 5.21. The van der Waals surface area contributed by atoms with Crippen LogP contribution in [0.4, 0.5) is 0 Å². The van der Waals surface area contributed by atoms with Gasteiger partial charge in [0.05, 0.1) is 31.1 Å². The Bertz CT molecular complexity index is 1110. The molecule has 0 saturated heterocycles. The number of Topliss-reactive ketones (excluding diaryl/α,β-unsaturated/α-hetero) is 1. The van der Waals surface area contributed by atoms with E-state index in [-0.39, 0.29) is 5.25 Å². The normalized spacial score (nSPS) is 15.8. The number of benzene rings is 1. The van der Waals surface area contributed by atoms with Gasteiger partial charge in [0.25, 0.3) is 0 Å². The number of nitrogens with zero attached hydrogens (tertiary/aromatic N) is 2. The van der Waals surface area contributed by atoms with Crippen LogP contribution in [0.2, 0.25) is 0 Å². The molecule has 0 fully saturated rings. The summed E-state index contributed by atoms with van der Waals surface area (Å²) in [5, 5.41) is 2.14. The van der Waals surface area contributed by atoms with Crippen molar-refractivity contribution < 1.29 is 14.3 Å². The molecule has 162 valence electrons. The van der Waals surface area contributed by atoms with Crippen molar-refractivity contribution in [3.05, 3.63) is 47.9 Å². The van der Waals surface area contributed by atoms with Crippen molar-refractivity contribution in [3.63, 3.8) is 0 Å². The highest BCUT2D eigenvalue weighted by Crippen LogP contribution is 2.36. The average Bonchev–Trinajstić information content (AvgIpc) is 3.40. The first-order valence-electron chi connectivity index (χ1n) is 10.7. The summed E-state index contributed by atoms with van der Waals surface area (Å²) in [6.07, 6.45) is 4.76. The van der Waals surface area contributed by atoms with E-state index in [1.54, 1.807) is 25.1 Å². The van der Waals surface area contributed by atoms with Gasteiger partial charge in [0, 0.05) is 35.2 Å². The number of H-pyrrole nitrogens is 1. The van der Waals surface area contributed by atoms with Gasteiger partial charge in [-0.05, 0) is 37.1 Å². The van der Waals surface area contributed by atoms with Crippen LogP contribution in [0.15, 0.2) is 41.5 Å². The summed E-state index contributed by atoms with van der Waals surface area (Å²) in [6, 6.07) is 9.80. The van der Waals surface area contributed by atoms with Gasteiger partial charge < -0.3 is 14.5 Å². The van der Waals surface area contributed by atoms with E-state index in [1.807, 2.05) is 31.2 Å². The zero-order chi connectivity index (χ0) is 21.8. The van der Waals surface area contributed by atoms with Crippen LogP contribution < -0.4 is 9.47 Å². The molecule has 7 heteroatoms. The summed E-state index contributed by atoms with van der Waals surface area (Å²) < 4.78 is 11.6. The van der Waals surface area contributed by atoms with Gasteiger partial charge in [-0.2, -0.15) is 0 Å². The highest BCUT2D eigenvalue weighted by molar-refractivity contribution is 8.15. The van der Waals surface area contributed by atoms with Gasteiger partial charge >= 0.3 is 0 Å². The van der Waals surface area contributed by atoms with Crippen molar-refractivity contribution in [2.24, 2.45) is 4.99 Å². The van der Waals surface area contributed by atoms with Gasteiger partial charge in [0.15, 0.2) is 0 Å². The van der Waals surface area contributed by atoms with Gasteiger partial charge in [-0.15, -0.1) is 0 Å². The minimum atomic E-state index is 0.222. The molecular weight excluding hydrogens is 410 g/mol. The van der Waals surface area contributed by atoms with Crippen molar-refractivity contribution in [2.75, 3.05) is 13.7 Å². The summed E-state index contributed by atoms with van der Waals surface area (Å²) >= 11 is 1.67. The van der Waals surface area contributed by atoms with E-state index < -0.39 is 0 Å². The summed E-state index contributed by atoms with van der Waals surface area (Å²) in [6.45, 7) is 4.79. The molecule has 1 unspecified atom stereocenters. The van der Waals surface area contributed by atoms with E-state index in [0.29, 0.717) is 42.4 Å². The number of hydrogen-bond acceptors (Lipinski definition) is 6. The Morgan fingerprint density at radius 2 is 2.10 bits per heavy atom. The Kier molecular flexibility index (Phi) is 6.61. The average molecular weight is 438 g/mol. The second-order valence-corrected chi connectivity index (χ2v) is 8.88. The number of aromatic amines is 1. The molecule has 3 heterocycles. The molecule has 0 saturated carbocycles.